The molecule has 2 aromatic carbocycles. The Morgan fingerprint density at radius 3 is 2.56 bits per heavy atom. The SMILES string of the molecule is Cc1ccc(N(CC(=O)NCc2ccc3c(c2)OCO3)S(C)(=O)=O)c(C)c1. The maximum absolute atomic E-state index is 12.4. The van der Waals surface area contributed by atoms with Crippen LogP contribution in [0, 0.1) is 13.8 Å². The molecule has 0 fully saturated rings. The summed E-state index contributed by atoms with van der Waals surface area (Å²) in [5.74, 6) is 0.913. The molecule has 0 aliphatic carbocycles. The van der Waals surface area contributed by atoms with Crippen molar-refractivity contribution in [3.8, 4) is 11.5 Å². The number of anilines is 1. The molecule has 0 spiro atoms. The van der Waals surface area contributed by atoms with Crippen molar-refractivity contribution in [1.82, 2.24) is 5.32 Å². The quantitative estimate of drug-likeness (QED) is 0.817. The first-order valence-corrected chi connectivity index (χ1v) is 10.3. The van der Waals surface area contributed by atoms with Crippen LogP contribution in [0.15, 0.2) is 36.4 Å². The first kappa shape index (κ1) is 19.0. The molecule has 8 heteroatoms. The molecule has 144 valence electrons. The molecule has 27 heavy (non-hydrogen) atoms. The lowest BCUT2D eigenvalue weighted by Crippen LogP contribution is -2.40. The molecule has 1 N–H and O–H groups in total. The summed E-state index contributed by atoms with van der Waals surface area (Å²) in [6, 6.07) is 10.8. The van der Waals surface area contributed by atoms with E-state index >= 15 is 0 Å². The topological polar surface area (TPSA) is 84.9 Å². The van der Waals surface area contributed by atoms with Gasteiger partial charge in [0.1, 0.15) is 6.54 Å². The third-order valence-electron chi connectivity index (χ3n) is 4.24. The molecule has 2 aromatic rings. The number of benzene rings is 2. The molecule has 0 unspecified atom stereocenters. The molecule has 1 heterocycles. The Labute approximate surface area is 158 Å². The Bertz CT molecular complexity index is 972. The van der Waals surface area contributed by atoms with Crippen LogP contribution in [0.3, 0.4) is 0 Å². The van der Waals surface area contributed by atoms with Gasteiger partial charge in [-0.25, -0.2) is 8.42 Å². The first-order valence-electron chi connectivity index (χ1n) is 8.44. The average Bonchev–Trinajstić information content (AvgIpc) is 3.05. The molecule has 3 rings (SSSR count). The Morgan fingerprint density at radius 1 is 1.11 bits per heavy atom. The zero-order valence-corrected chi connectivity index (χ0v) is 16.3. The van der Waals surface area contributed by atoms with Crippen LogP contribution in [0.5, 0.6) is 11.5 Å². The molecule has 1 aliphatic rings. The standard InChI is InChI=1S/C19H22N2O5S/c1-13-4-6-16(14(2)8-13)21(27(3,23)24)11-19(22)20-10-15-5-7-17-18(9-15)26-12-25-17/h4-9H,10-12H2,1-3H3,(H,20,22). The molecule has 0 bridgehead atoms. The molecule has 0 saturated heterocycles. The second-order valence-electron chi connectivity index (χ2n) is 6.52. The number of sulfonamides is 1. The second-order valence-corrected chi connectivity index (χ2v) is 8.43. The number of amides is 1. The van der Waals surface area contributed by atoms with Crippen molar-refractivity contribution in [2.45, 2.75) is 20.4 Å². The van der Waals surface area contributed by atoms with Gasteiger partial charge in [-0.05, 0) is 43.2 Å². The maximum atomic E-state index is 12.4. The van der Waals surface area contributed by atoms with Gasteiger partial charge in [0.15, 0.2) is 11.5 Å². The number of carbonyl (C=O) groups excluding carboxylic acids is 1. The fraction of sp³-hybridized carbons (Fsp3) is 0.316. The van der Waals surface area contributed by atoms with E-state index in [0.29, 0.717) is 17.2 Å². The molecule has 0 saturated carbocycles. The van der Waals surface area contributed by atoms with E-state index in [1.165, 1.54) is 0 Å². The van der Waals surface area contributed by atoms with Gasteiger partial charge in [-0.15, -0.1) is 0 Å². The molecule has 1 aliphatic heterocycles. The van der Waals surface area contributed by atoms with E-state index in [9.17, 15) is 13.2 Å². The lowest BCUT2D eigenvalue weighted by molar-refractivity contribution is -0.119. The largest absolute Gasteiger partial charge is 0.454 e. The van der Waals surface area contributed by atoms with Crippen molar-refractivity contribution in [3.05, 3.63) is 53.1 Å². The van der Waals surface area contributed by atoms with E-state index in [2.05, 4.69) is 5.32 Å². The van der Waals surface area contributed by atoms with Crippen LogP contribution in [0.4, 0.5) is 5.69 Å². The summed E-state index contributed by atoms with van der Waals surface area (Å²) in [4.78, 5) is 12.4. The Morgan fingerprint density at radius 2 is 1.85 bits per heavy atom. The van der Waals surface area contributed by atoms with Gasteiger partial charge in [0, 0.05) is 6.54 Å². The van der Waals surface area contributed by atoms with E-state index in [4.69, 9.17) is 9.47 Å². The summed E-state index contributed by atoms with van der Waals surface area (Å²) in [6.45, 7) is 3.92. The van der Waals surface area contributed by atoms with Gasteiger partial charge in [0.25, 0.3) is 0 Å². The average molecular weight is 390 g/mol. The molecule has 0 radical (unpaired) electrons. The lowest BCUT2D eigenvalue weighted by atomic mass is 10.1. The number of fused-ring (bicyclic) bond motifs is 1. The number of carbonyl (C=O) groups is 1. The number of aryl methyl sites for hydroxylation is 2. The fourth-order valence-corrected chi connectivity index (χ4v) is 3.82. The smallest absolute Gasteiger partial charge is 0.241 e. The summed E-state index contributed by atoms with van der Waals surface area (Å²) in [5, 5.41) is 2.75. The summed E-state index contributed by atoms with van der Waals surface area (Å²) < 4.78 is 36.1. The zero-order valence-electron chi connectivity index (χ0n) is 15.5. The first-order chi connectivity index (χ1) is 12.7. The van der Waals surface area contributed by atoms with Gasteiger partial charge in [0.05, 0.1) is 11.9 Å². The monoisotopic (exact) mass is 390 g/mol. The van der Waals surface area contributed by atoms with E-state index < -0.39 is 15.9 Å². The third-order valence-corrected chi connectivity index (χ3v) is 5.36. The van der Waals surface area contributed by atoms with E-state index in [0.717, 1.165) is 27.3 Å². The number of nitrogens with zero attached hydrogens (tertiary/aromatic N) is 1. The number of rotatable bonds is 6. The van der Waals surface area contributed by atoms with Gasteiger partial charge in [-0.3, -0.25) is 9.10 Å². The van der Waals surface area contributed by atoms with E-state index in [1.54, 1.807) is 18.2 Å². The van der Waals surface area contributed by atoms with Crippen molar-refractivity contribution in [1.29, 1.82) is 0 Å². The van der Waals surface area contributed by atoms with E-state index in [1.807, 2.05) is 32.0 Å². The predicted octanol–water partition coefficient (Wildman–Crippen LogP) is 2.11. The Hall–Kier alpha value is -2.74. The molecule has 0 atom stereocenters. The summed E-state index contributed by atoms with van der Waals surface area (Å²) >= 11 is 0. The molecular weight excluding hydrogens is 368 g/mol. The minimum absolute atomic E-state index is 0.185. The van der Waals surface area contributed by atoms with Gasteiger partial charge < -0.3 is 14.8 Å². The fourth-order valence-electron chi connectivity index (χ4n) is 2.90. The Balaban J connectivity index is 1.70. The maximum Gasteiger partial charge on any atom is 0.241 e. The summed E-state index contributed by atoms with van der Waals surface area (Å²) in [7, 11) is -3.60. The van der Waals surface area contributed by atoms with Crippen molar-refractivity contribution >= 4 is 21.6 Å². The van der Waals surface area contributed by atoms with Crippen molar-refractivity contribution < 1.29 is 22.7 Å². The van der Waals surface area contributed by atoms with Crippen LogP contribution in [0.2, 0.25) is 0 Å². The van der Waals surface area contributed by atoms with Gasteiger partial charge in [0.2, 0.25) is 22.7 Å². The van der Waals surface area contributed by atoms with Gasteiger partial charge in [-0.2, -0.15) is 0 Å². The van der Waals surface area contributed by atoms with Crippen LogP contribution in [-0.2, 0) is 21.4 Å². The van der Waals surface area contributed by atoms with Gasteiger partial charge in [-0.1, -0.05) is 23.8 Å². The van der Waals surface area contributed by atoms with Crippen LogP contribution in [0.25, 0.3) is 0 Å². The molecule has 1 amide bonds. The molecule has 7 nitrogen and oxygen atoms in total. The van der Waals surface area contributed by atoms with Crippen LogP contribution < -0.4 is 19.1 Å². The molecular formula is C19H22N2O5S. The normalized spacial score (nSPS) is 12.7. The summed E-state index contributed by atoms with van der Waals surface area (Å²) in [5.41, 5.74) is 3.16. The number of ether oxygens (including phenoxy) is 2. The predicted molar refractivity (Wildman–Crippen MR) is 103 cm³/mol. The minimum atomic E-state index is -3.60. The van der Waals surface area contributed by atoms with E-state index in [-0.39, 0.29) is 19.9 Å². The van der Waals surface area contributed by atoms with Crippen LogP contribution in [-0.4, -0.2) is 33.9 Å². The Kier molecular flexibility index (Phi) is 5.27. The van der Waals surface area contributed by atoms with Crippen LogP contribution >= 0.6 is 0 Å². The highest BCUT2D eigenvalue weighted by atomic mass is 32.2. The number of hydrogen-bond donors (Lipinski definition) is 1. The summed E-state index contributed by atoms with van der Waals surface area (Å²) in [6.07, 6.45) is 1.09. The van der Waals surface area contributed by atoms with Crippen LogP contribution in [0.1, 0.15) is 16.7 Å². The third kappa shape index (κ3) is 4.51. The lowest BCUT2D eigenvalue weighted by Gasteiger charge is -2.24. The molecule has 0 aromatic heterocycles. The highest BCUT2D eigenvalue weighted by Gasteiger charge is 2.22. The number of hydrogen-bond acceptors (Lipinski definition) is 5. The van der Waals surface area contributed by atoms with Crippen molar-refractivity contribution in [2.24, 2.45) is 0 Å². The highest BCUT2D eigenvalue weighted by Crippen LogP contribution is 2.32. The van der Waals surface area contributed by atoms with Crippen molar-refractivity contribution in [3.63, 3.8) is 0 Å². The zero-order chi connectivity index (χ0) is 19.6. The second kappa shape index (κ2) is 7.48. The highest BCUT2D eigenvalue weighted by molar-refractivity contribution is 7.92. The van der Waals surface area contributed by atoms with Gasteiger partial charge >= 0.3 is 0 Å². The number of nitrogens with one attached hydrogen (secondary N) is 1. The minimum Gasteiger partial charge on any atom is -0.454 e. The van der Waals surface area contributed by atoms with Crippen molar-refractivity contribution in [2.75, 3.05) is 23.9 Å².